The third-order valence-corrected chi connectivity index (χ3v) is 2.93. The molecular formula is C13H14F6O. The van der Waals surface area contributed by atoms with E-state index in [1.807, 2.05) is 6.92 Å². The number of alkyl halides is 6. The molecule has 0 bridgehead atoms. The molecule has 1 rings (SSSR count). The van der Waals surface area contributed by atoms with Gasteiger partial charge in [-0.15, -0.1) is 0 Å². The quantitative estimate of drug-likeness (QED) is 0.753. The highest BCUT2D eigenvalue weighted by atomic mass is 19.3. The van der Waals surface area contributed by atoms with Crippen LogP contribution in [-0.2, 0) is 12.3 Å². The Morgan fingerprint density at radius 2 is 1.75 bits per heavy atom. The average molecular weight is 300 g/mol. The summed E-state index contributed by atoms with van der Waals surface area (Å²) >= 11 is 0. The van der Waals surface area contributed by atoms with E-state index in [1.165, 1.54) is 0 Å². The first-order valence-corrected chi connectivity index (χ1v) is 6.00. The number of unbranched alkanes of at least 4 members (excludes halogenated alkanes) is 1. The van der Waals surface area contributed by atoms with Crippen molar-refractivity contribution in [2.24, 2.45) is 0 Å². The fourth-order valence-corrected chi connectivity index (χ4v) is 1.68. The van der Waals surface area contributed by atoms with Crippen molar-refractivity contribution in [2.75, 3.05) is 0 Å². The van der Waals surface area contributed by atoms with Crippen LogP contribution in [0.4, 0.5) is 26.3 Å². The Kier molecular flexibility index (Phi) is 4.94. The number of hydrogen-bond donors (Lipinski definition) is 1. The van der Waals surface area contributed by atoms with Crippen molar-refractivity contribution in [1.82, 2.24) is 0 Å². The van der Waals surface area contributed by atoms with Gasteiger partial charge in [0.05, 0.1) is 0 Å². The van der Waals surface area contributed by atoms with E-state index < -0.39 is 23.8 Å². The van der Waals surface area contributed by atoms with Crippen LogP contribution >= 0.6 is 0 Å². The first kappa shape index (κ1) is 16.7. The van der Waals surface area contributed by atoms with Gasteiger partial charge in [0.2, 0.25) is 0 Å². The number of hydrogen-bond acceptors (Lipinski definition) is 1. The molecule has 1 nitrogen and oxygen atoms in total. The lowest BCUT2D eigenvalue weighted by atomic mass is 9.97. The second-order valence-electron chi connectivity index (χ2n) is 4.45. The van der Waals surface area contributed by atoms with Crippen LogP contribution in [-0.4, -0.2) is 17.5 Å². The number of aryl methyl sites for hydroxylation is 1. The third-order valence-electron chi connectivity index (χ3n) is 2.93. The Labute approximate surface area is 112 Å². The van der Waals surface area contributed by atoms with Gasteiger partial charge in [-0.3, -0.25) is 0 Å². The van der Waals surface area contributed by atoms with Gasteiger partial charge in [-0.2, -0.15) is 17.6 Å². The molecule has 0 radical (unpaired) electrons. The summed E-state index contributed by atoms with van der Waals surface area (Å²) in [4.78, 5) is 0. The van der Waals surface area contributed by atoms with Crippen LogP contribution in [0.3, 0.4) is 0 Å². The Morgan fingerprint density at radius 1 is 1.15 bits per heavy atom. The fourth-order valence-electron chi connectivity index (χ4n) is 1.68. The molecule has 0 aliphatic rings. The number of halogens is 6. The zero-order valence-corrected chi connectivity index (χ0v) is 10.6. The Balaban J connectivity index is 3.19. The minimum Gasteiger partial charge on any atom is -0.508 e. The molecule has 0 unspecified atom stereocenters. The molecule has 0 aliphatic heterocycles. The van der Waals surface area contributed by atoms with E-state index in [0.717, 1.165) is 6.07 Å². The van der Waals surface area contributed by atoms with E-state index in [2.05, 4.69) is 0 Å². The zero-order chi connectivity index (χ0) is 15.6. The SMILES string of the molecule is CCCCc1cc(C(F)(F)C(F)(F)C(F)F)ccc1O. The molecule has 7 heteroatoms. The third kappa shape index (κ3) is 3.02. The highest BCUT2D eigenvalue weighted by molar-refractivity contribution is 5.38. The van der Waals surface area contributed by atoms with Gasteiger partial charge in [0.25, 0.3) is 0 Å². The molecule has 0 fully saturated rings. The van der Waals surface area contributed by atoms with Crippen LogP contribution in [0.1, 0.15) is 30.9 Å². The van der Waals surface area contributed by atoms with Crippen molar-refractivity contribution in [1.29, 1.82) is 0 Å². The number of phenolic OH excluding ortho intramolecular Hbond substituents is 1. The van der Waals surface area contributed by atoms with E-state index in [0.29, 0.717) is 25.0 Å². The molecule has 20 heavy (non-hydrogen) atoms. The zero-order valence-electron chi connectivity index (χ0n) is 10.6. The van der Waals surface area contributed by atoms with Crippen molar-refractivity contribution in [2.45, 2.75) is 44.5 Å². The highest BCUT2D eigenvalue weighted by Gasteiger charge is 2.63. The maximum absolute atomic E-state index is 13.5. The van der Waals surface area contributed by atoms with Crippen LogP contribution in [0, 0.1) is 0 Å². The smallest absolute Gasteiger partial charge is 0.373 e. The minimum absolute atomic E-state index is 0.0362. The summed E-state index contributed by atoms with van der Waals surface area (Å²) < 4.78 is 77.1. The Morgan fingerprint density at radius 3 is 2.25 bits per heavy atom. The van der Waals surface area contributed by atoms with Gasteiger partial charge in [-0.1, -0.05) is 13.3 Å². The molecule has 114 valence electrons. The molecule has 0 aromatic heterocycles. The first-order valence-electron chi connectivity index (χ1n) is 6.00. The molecule has 1 N–H and O–H groups in total. The van der Waals surface area contributed by atoms with Crippen molar-refractivity contribution < 1.29 is 31.4 Å². The van der Waals surface area contributed by atoms with E-state index in [9.17, 15) is 31.4 Å². The van der Waals surface area contributed by atoms with E-state index in [4.69, 9.17) is 0 Å². The highest BCUT2D eigenvalue weighted by Crippen LogP contribution is 2.47. The summed E-state index contributed by atoms with van der Waals surface area (Å²) in [5.74, 6) is -10.8. The lowest BCUT2D eigenvalue weighted by molar-refractivity contribution is -0.270. The average Bonchev–Trinajstić information content (AvgIpc) is 2.37. The first-order chi connectivity index (χ1) is 9.14. The van der Waals surface area contributed by atoms with Crippen molar-refractivity contribution in [3.63, 3.8) is 0 Å². The molecule has 0 aliphatic carbocycles. The molecule has 0 amide bonds. The normalized spacial score (nSPS) is 13.0. The van der Waals surface area contributed by atoms with Crippen molar-refractivity contribution >= 4 is 0 Å². The largest absolute Gasteiger partial charge is 0.508 e. The number of rotatable bonds is 6. The summed E-state index contributed by atoms with van der Waals surface area (Å²) in [6.45, 7) is 1.82. The minimum atomic E-state index is -5.47. The Hall–Kier alpha value is -1.40. The van der Waals surface area contributed by atoms with E-state index in [1.54, 1.807) is 0 Å². The summed E-state index contributed by atoms with van der Waals surface area (Å²) in [7, 11) is 0. The van der Waals surface area contributed by atoms with Crippen LogP contribution in [0.2, 0.25) is 0 Å². The van der Waals surface area contributed by atoms with Gasteiger partial charge < -0.3 is 5.11 Å². The van der Waals surface area contributed by atoms with E-state index >= 15 is 0 Å². The van der Waals surface area contributed by atoms with Gasteiger partial charge in [0.1, 0.15) is 5.75 Å². The molecule has 1 aromatic carbocycles. The van der Waals surface area contributed by atoms with Gasteiger partial charge in [0.15, 0.2) is 0 Å². The van der Waals surface area contributed by atoms with Crippen LogP contribution in [0.5, 0.6) is 5.75 Å². The maximum atomic E-state index is 13.5. The second kappa shape index (κ2) is 5.93. The molecule has 1 aromatic rings. The summed E-state index contributed by atoms with van der Waals surface area (Å²) in [5.41, 5.74) is -1.19. The standard InChI is InChI=1S/C13H14F6O/c1-2-3-4-8-7-9(5-6-10(8)20)12(16,17)13(18,19)11(14)15/h5-7,11,20H,2-4H2,1H3. The number of benzene rings is 1. The van der Waals surface area contributed by atoms with Gasteiger partial charge in [-0.05, 0) is 36.6 Å². The Bertz CT molecular complexity index is 458. The summed E-state index contributed by atoms with van der Waals surface area (Å²) in [5, 5.41) is 9.46. The fraction of sp³-hybridized carbons (Fsp3) is 0.538. The van der Waals surface area contributed by atoms with Gasteiger partial charge >= 0.3 is 18.3 Å². The van der Waals surface area contributed by atoms with Crippen LogP contribution < -0.4 is 0 Å². The topological polar surface area (TPSA) is 20.2 Å². The monoisotopic (exact) mass is 300 g/mol. The van der Waals surface area contributed by atoms with Crippen LogP contribution in [0.15, 0.2) is 18.2 Å². The lowest BCUT2D eigenvalue weighted by Gasteiger charge is -2.26. The summed E-state index contributed by atoms with van der Waals surface area (Å²) in [6, 6.07) is 2.00. The predicted octanol–water partition coefficient (Wildman–Crippen LogP) is 4.73. The molecular weight excluding hydrogens is 286 g/mol. The van der Waals surface area contributed by atoms with Gasteiger partial charge in [0, 0.05) is 5.56 Å². The molecule has 0 heterocycles. The van der Waals surface area contributed by atoms with Gasteiger partial charge in [-0.25, -0.2) is 8.78 Å². The lowest BCUT2D eigenvalue weighted by Crippen LogP contribution is -2.44. The van der Waals surface area contributed by atoms with E-state index in [-0.39, 0.29) is 17.7 Å². The van der Waals surface area contributed by atoms with Crippen LogP contribution in [0.25, 0.3) is 0 Å². The molecule has 0 saturated carbocycles. The number of aromatic hydroxyl groups is 1. The molecule has 0 spiro atoms. The number of phenols is 1. The summed E-state index contributed by atoms with van der Waals surface area (Å²) in [6.07, 6.45) is -3.03. The molecule has 0 saturated heterocycles. The van der Waals surface area contributed by atoms with Crippen molar-refractivity contribution in [3.8, 4) is 5.75 Å². The predicted molar refractivity (Wildman–Crippen MR) is 61.6 cm³/mol. The maximum Gasteiger partial charge on any atom is 0.373 e. The second-order valence-corrected chi connectivity index (χ2v) is 4.45. The molecule has 0 atom stereocenters. The van der Waals surface area contributed by atoms with Crippen molar-refractivity contribution in [3.05, 3.63) is 29.3 Å².